The van der Waals surface area contributed by atoms with Crippen molar-refractivity contribution < 1.29 is 0 Å². The van der Waals surface area contributed by atoms with Gasteiger partial charge in [-0.3, -0.25) is 0 Å². The molecule has 0 aliphatic rings. The first kappa shape index (κ1) is 12.2. The minimum atomic E-state index is 0.315. The maximum atomic E-state index is 6.08. The molecule has 3 heteroatoms. The average Bonchev–Trinajstić information content (AvgIpc) is 2.50. The summed E-state index contributed by atoms with van der Waals surface area (Å²) in [6.07, 6.45) is 3.37. The third-order valence-corrected chi connectivity index (χ3v) is 4.14. The highest BCUT2D eigenvalue weighted by molar-refractivity contribution is 9.11. The highest BCUT2D eigenvalue weighted by Crippen LogP contribution is 2.24. The molecule has 0 saturated carbocycles. The summed E-state index contributed by atoms with van der Waals surface area (Å²) in [7, 11) is 0. The van der Waals surface area contributed by atoms with E-state index in [4.69, 9.17) is 5.73 Å². The first-order valence-corrected chi connectivity index (χ1v) is 6.72. The lowest BCUT2D eigenvalue weighted by atomic mass is 9.98. The number of rotatable bonds is 5. The van der Waals surface area contributed by atoms with Gasteiger partial charge in [-0.1, -0.05) is 20.3 Å². The van der Waals surface area contributed by atoms with Gasteiger partial charge in [-0.15, -0.1) is 11.3 Å². The fourth-order valence-corrected chi connectivity index (χ4v) is 3.06. The molecule has 1 aromatic heterocycles. The maximum absolute atomic E-state index is 6.08. The van der Waals surface area contributed by atoms with Gasteiger partial charge in [0.1, 0.15) is 0 Å². The van der Waals surface area contributed by atoms with Gasteiger partial charge in [0.15, 0.2) is 0 Å². The van der Waals surface area contributed by atoms with Crippen molar-refractivity contribution >= 4 is 27.3 Å². The molecule has 0 radical (unpaired) electrons. The maximum Gasteiger partial charge on any atom is 0.0701 e. The molecule has 80 valence electrons. The second kappa shape index (κ2) is 5.89. The van der Waals surface area contributed by atoms with Crippen LogP contribution >= 0.6 is 27.3 Å². The van der Waals surface area contributed by atoms with Gasteiger partial charge in [0.2, 0.25) is 0 Å². The highest BCUT2D eigenvalue weighted by atomic mass is 79.9. The topological polar surface area (TPSA) is 26.0 Å². The van der Waals surface area contributed by atoms with Crippen molar-refractivity contribution in [1.29, 1.82) is 0 Å². The van der Waals surface area contributed by atoms with Gasteiger partial charge in [0, 0.05) is 10.9 Å². The minimum absolute atomic E-state index is 0.315. The molecule has 2 N–H and O–H groups in total. The lowest BCUT2D eigenvalue weighted by Crippen LogP contribution is -2.24. The number of hydrogen-bond acceptors (Lipinski definition) is 2. The SMILES string of the molecule is CCC(C)CC(N)Cc1ccc(Br)s1. The van der Waals surface area contributed by atoms with Gasteiger partial charge in [0.25, 0.3) is 0 Å². The quantitative estimate of drug-likeness (QED) is 0.869. The van der Waals surface area contributed by atoms with Crippen molar-refractivity contribution in [1.82, 2.24) is 0 Å². The van der Waals surface area contributed by atoms with Crippen molar-refractivity contribution in [3.8, 4) is 0 Å². The van der Waals surface area contributed by atoms with E-state index in [2.05, 4.69) is 41.9 Å². The van der Waals surface area contributed by atoms with Gasteiger partial charge in [-0.05, 0) is 46.8 Å². The van der Waals surface area contributed by atoms with E-state index in [1.165, 1.54) is 15.1 Å². The Morgan fingerprint density at radius 2 is 2.21 bits per heavy atom. The molecular formula is C11H18BrNS. The van der Waals surface area contributed by atoms with E-state index in [0.29, 0.717) is 6.04 Å². The molecule has 1 nitrogen and oxygen atoms in total. The van der Waals surface area contributed by atoms with Crippen LogP contribution < -0.4 is 5.73 Å². The Hall–Kier alpha value is 0.140. The normalized spacial score (nSPS) is 15.4. The van der Waals surface area contributed by atoms with Crippen LogP contribution in [0.3, 0.4) is 0 Å². The average molecular weight is 276 g/mol. The van der Waals surface area contributed by atoms with E-state index >= 15 is 0 Å². The van der Waals surface area contributed by atoms with Gasteiger partial charge in [0.05, 0.1) is 3.79 Å². The smallest absolute Gasteiger partial charge is 0.0701 e. The molecule has 1 rings (SSSR count). The Bertz CT molecular complexity index is 272. The standard InChI is InChI=1S/C11H18BrNS/c1-3-8(2)6-9(13)7-10-4-5-11(12)14-10/h4-5,8-9H,3,6-7,13H2,1-2H3. The second-order valence-electron chi connectivity index (χ2n) is 3.92. The van der Waals surface area contributed by atoms with Crippen molar-refractivity contribution in [3.63, 3.8) is 0 Å². The fraction of sp³-hybridized carbons (Fsp3) is 0.636. The summed E-state index contributed by atoms with van der Waals surface area (Å²) in [6.45, 7) is 4.49. The summed E-state index contributed by atoms with van der Waals surface area (Å²) in [5, 5.41) is 0. The van der Waals surface area contributed by atoms with E-state index < -0.39 is 0 Å². The Morgan fingerprint density at radius 1 is 1.50 bits per heavy atom. The highest BCUT2D eigenvalue weighted by Gasteiger charge is 2.09. The number of nitrogens with two attached hydrogens (primary N) is 1. The van der Waals surface area contributed by atoms with Crippen LogP contribution in [0, 0.1) is 5.92 Å². The van der Waals surface area contributed by atoms with E-state index in [0.717, 1.165) is 18.8 Å². The van der Waals surface area contributed by atoms with Crippen LogP contribution in [0.25, 0.3) is 0 Å². The first-order chi connectivity index (χ1) is 6.61. The Morgan fingerprint density at radius 3 is 2.71 bits per heavy atom. The number of hydrogen-bond donors (Lipinski definition) is 1. The lowest BCUT2D eigenvalue weighted by molar-refractivity contribution is 0.451. The van der Waals surface area contributed by atoms with Gasteiger partial charge >= 0.3 is 0 Å². The molecule has 14 heavy (non-hydrogen) atoms. The fourth-order valence-electron chi connectivity index (χ4n) is 1.49. The summed E-state index contributed by atoms with van der Waals surface area (Å²) in [5.41, 5.74) is 6.08. The number of thiophene rings is 1. The van der Waals surface area contributed by atoms with Crippen LogP contribution in [0.15, 0.2) is 15.9 Å². The Kier molecular flexibility index (Phi) is 5.13. The van der Waals surface area contributed by atoms with Crippen LogP contribution in [0.4, 0.5) is 0 Å². The molecule has 0 aliphatic heterocycles. The molecule has 0 saturated heterocycles. The molecule has 0 aliphatic carbocycles. The number of halogens is 1. The first-order valence-electron chi connectivity index (χ1n) is 5.11. The molecule has 0 spiro atoms. The molecule has 0 bridgehead atoms. The lowest BCUT2D eigenvalue weighted by Gasteiger charge is -2.14. The van der Waals surface area contributed by atoms with Crippen molar-refractivity contribution in [3.05, 3.63) is 20.8 Å². The summed E-state index contributed by atoms with van der Waals surface area (Å²) in [4.78, 5) is 1.38. The molecule has 1 heterocycles. The second-order valence-corrected chi connectivity index (χ2v) is 6.47. The van der Waals surface area contributed by atoms with Crippen molar-refractivity contribution in [2.45, 2.75) is 39.2 Å². The van der Waals surface area contributed by atoms with Gasteiger partial charge < -0.3 is 5.73 Å². The Balaban J connectivity index is 2.37. The van der Waals surface area contributed by atoms with E-state index in [-0.39, 0.29) is 0 Å². The third-order valence-electron chi connectivity index (χ3n) is 2.49. The zero-order valence-corrected chi connectivity index (χ0v) is 11.2. The van der Waals surface area contributed by atoms with Crippen LogP contribution in [0.5, 0.6) is 0 Å². The summed E-state index contributed by atoms with van der Waals surface area (Å²) in [6, 6.07) is 4.57. The molecule has 0 amide bonds. The molecular weight excluding hydrogens is 258 g/mol. The molecule has 0 fully saturated rings. The predicted molar refractivity (Wildman–Crippen MR) is 67.8 cm³/mol. The molecule has 2 atom stereocenters. The van der Waals surface area contributed by atoms with E-state index in [1.54, 1.807) is 11.3 Å². The van der Waals surface area contributed by atoms with Crippen LogP contribution in [-0.2, 0) is 6.42 Å². The van der Waals surface area contributed by atoms with Gasteiger partial charge in [-0.25, -0.2) is 0 Å². The molecule has 0 aromatic carbocycles. The van der Waals surface area contributed by atoms with Gasteiger partial charge in [-0.2, -0.15) is 0 Å². The minimum Gasteiger partial charge on any atom is -0.327 e. The molecule has 1 aromatic rings. The van der Waals surface area contributed by atoms with Crippen LogP contribution in [-0.4, -0.2) is 6.04 Å². The van der Waals surface area contributed by atoms with E-state index in [1.807, 2.05) is 0 Å². The van der Waals surface area contributed by atoms with Crippen molar-refractivity contribution in [2.75, 3.05) is 0 Å². The summed E-state index contributed by atoms with van der Waals surface area (Å²) in [5.74, 6) is 0.744. The van der Waals surface area contributed by atoms with Crippen LogP contribution in [0.1, 0.15) is 31.6 Å². The molecule has 2 unspecified atom stereocenters. The van der Waals surface area contributed by atoms with E-state index in [9.17, 15) is 0 Å². The third kappa shape index (κ3) is 4.11. The monoisotopic (exact) mass is 275 g/mol. The van der Waals surface area contributed by atoms with Crippen LogP contribution in [0.2, 0.25) is 0 Å². The summed E-state index contributed by atoms with van der Waals surface area (Å²) >= 11 is 5.25. The largest absolute Gasteiger partial charge is 0.327 e. The predicted octanol–water partition coefficient (Wildman–Crippen LogP) is 3.82. The zero-order chi connectivity index (χ0) is 10.6. The Labute approximate surface area is 98.8 Å². The zero-order valence-electron chi connectivity index (χ0n) is 8.79. The summed E-state index contributed by atoms with van der Waals surface area (Å²) < 4.78 is 1.20. The van der Waals surface area contributed by atoms with Crippen molar-refractivity contribution in [2.24, 2.45) is 11.7 Å².